The fourth-order valence-corrected chi connectivity index (χ4v) is 2.13. The molecule has 0 spiro atoms. The van der Waals surface area contributed by atoms with Crippen molar-refractivity contribution in [2.75, 3.05) is 0 Å². The van der Waals surface area contributed by atoms with Crippen molar-refractivity contribution in [3.63, 3.8) is 0 Å². The summed E-state index contributed by atoms with van der Waals surface area (Å²) in [5, 5.41) is 1.08. The highest BCUT2D eigenvalue weighted by Gasteiger charge is 2.16. The molecular formula is C11H14N2S. The summed E-state index contributed by atoms with van der Waals surface area (Å²) in [6.45, 7) is 8.54. The predicted octanol–water partition coefficient (Wildman–Crippen LogP) is 3.30. The maximum atomic E-state index is 4.62. The predicted molar refractivity (Wildman–Crippen MR) is 60.9 cm³/mol. The van der Waals surface area contributed by atoms with Crippen LogP contribution in [0.15, 0.2) is 12.1 Å². The first kappa shape index (κ1) is 9.59. The molecule has 2 nitrogen and oxygen atoms in total. The van der Waals surface area contributed by atoms with Crippen LogP contribution in [0.1, 0.15) is 31.5 Å². The van der Waals surface area contributed by atoms with Gasteiger partial charge >= 0.3 is 0 Å². The van der Waals surface area contributed by atoms with E-state index >= 15 is 0 Å². The van der Waals surface area contributed by atoms with Crippen LogP contribution in [-0.2, 0) is 5.41 Å². The maximum Gasteiger partial charge on any atom is 0.143 e. The van der Waals surface area contributed by atoms with E-state index in [2.05, 4.69) is 42.9 Å². The first-order valence-corrected chi connectivity index (χ1v) is 5.53. The van der Waals surface area contributed by atoms with Crippen LogP contribution in [-0.4, -0.2) is 9.97 Å². The summed E-state index contributed by atoms with van der Waals surface area (Å²) >= 11 is 1.66. The van der Waals surface area contributed by atoms with Gasteiger partial charge in [0.15, 0.2) is 0 Å². The van der Waals surface area contributed by atoms with Gasteiger partial charge in [-0.05, 0) is 19.1 Å². The Bertz CT molecular complexity index is 466. The number of thiazole rings is 1. The van der Waals surface area contributed by atoms with Crippen LogP contribution in [0.3, 0.4) is 0 Å². The molecule has 0 amide bonds. The highest BCUT2D eigenvalue weighted by atomic mass is 32.1. The topological polar surface area (TPSA) is 25.8 Å². The molecule has 2 rings (SSSR count). The summed E-state index contributed by atoms with van der Waals surface area (Å²) in [5.74, 6) is 0. The highest BCUT2D eigenvalue weighted by Crippen LogP contribution is 2.25. The third-order valence-corrected chi connectivity index (χ3v) is 3.01. The Labute approximate surface area is 88.0 Å². The zero-order chi connectivity index (χ0) is 10.3. The van der Waals surface area contributed by atoms with E-state index in [0.29, 0.717) is 0 Å². The standard InChI is InChI=1S/C11H14N2S/c1-7-12-8-5-6-9(11(2,3)4)13-10(8)14-7/h5-6H,1-4H3. The smallest absolute Gasteiger partial charge is 0.143 e. The molecular weight excluding hydrogens is 192 g/mol. The van der Waals surface area contributed by atoms with Crippen molar-refractivity contribution < 1.29 is 0 Å². The van der Waals surface area contributed by atoms with E-state index in [1.165, 1.54) is 0 Å². The molecule has 2 heterocycles. The quantitative estimate of drug-likeness (QED) is 0.661. The van der Waals surface area contributed by atoms with Crippen LogP contribution in [0, 0.1) is 6.92 Å². The van der Waals surface area contributed by atoms with Crippen molar-refractivity contribution in [3.8, 4) is 0 Å². The van der Waals surface area contributed by atoms with Crippen LogP contribution in [0.2, 0.25) is 0 Å². The SMILES string of the molecule is Cc1nc2ccc(C(C)(C)C)nc2s1. The number of nitrogens with zero attached hydrogens (tertiary/aromatic N) is 2. The molecule has 0 N–H and O–H groups in total. The molecule has 0 saturated heterocycles. The molecule has 2 aromatic rings. The number of rotatable bonds is 0. The van der Waals surface area contributed by atoms with Crippen molar-refractivity contribution in [1.82, 2.24) is 9.97 Å². The van der Waals surface area contributed by atoms with E-state index in [9.17, 15) is 0 Å². The van der Waals surface area contributed by atoms with Gasteiger partial charge in [-0.15, -0.1) is 0 Å². The van der Waals surface area contributed by atoms with Gasteiger partial charge in [0, 0.05) is 11.1 Å². The van der Waals surface area contributed by atoms with Gasteiger partial charge in [0.05, 0.1) is 5.01 Å². The van der Waals surface area contributed by atoms with E-state index < -0.39 is 0 Å². The average Bonchev–Trinajstić information content (AvgIpc) is 2.41. The van der Waals surface area contributed by atoms with E-state index in [1.807, 2.05) is 6.92 Å². The van der Waals surface area contributed by atoms with Gasteiger partial charge in [-0.3, -0.25) is 0 Å². The van der Waals surface area contributed by atoms with Crippen LogP contribution >= 0.6 is 11.3 Å². The second-order valence-corrected chi connectivity index (χ2v) is 5.69. The molecule has 0 saturated carbocycles. The number of aryl methyl sites for hydroxylation is 1. The zero-order valence-electron chi connectivity index (χ0n) is 8.96. The lowest BCUT2D eigenvalue weighted by molar-refractivity contribution is 0.572. The van der Waals surface area contributed by atoms with Gasteiger partial charge in [0.1, 0.15) is 10.3 Å². The molecule has 14 heavy (non-hydrogen) atoms. The van der Waals surface area contributed by atoms with Crippen molar-refractivity contribution in [2.45, 2.75) is 33.1 Å². The molecule has 0 aliphatic heterocycles. The van der Waals surface area contributed by atoms with Crippen LogP contribution in [0.4, 0.5) is 0 Å². The molecule has 0 fully saturated rings. The Hall–Kier alpha value is -0.960. The molecule has 0 aliphatic carbocycles. The molecule has 3 heteroatoms. The fourth-order valence-electron chi connectivity index (χ4n) is 1.34. The van der Waals surface area contributed by atoms with Crippen LogP contribution in [0.5, 0.6) is 0 Å². The van der Waals surface area contributed by atoms with E-state index in [0.717, 1.165) is 21.0 Å². The third-order valence-electron chi connectivity index (χ3n) is 2.13. The second kappa shape index (κ2) is 3.02. The summed E-state index contributed by atoms with van der Waals surface area (Å²) < 4.78 is 0. The van der Waals surface area contributed by atoms with Crippen molar-refractivity contribution in [3.05, 3.63) is 22.8 Å². The van der Waals surface area contributed by atoms with Gasteiger partial charge < -0.3 is 0 Å². The van der Waals surface area contributed by atoms with E-state index in [4.69, 9.17) is 0 Å². The number of hydrogen-bond acceptors (Lipinski definition) is 3. The molecule has 0 radical (unpaired) electrons. The third kappa shape index (κ3) is 1.64. The molecule has 0 unspecified atom stereocenters. The molecule has 0 aliphatic rings. The van der Waals surface area contributed by atoms with Gasteiger partial charge in [-0.2, -0.15) is 0 Å². The Morgan fingerprint density at radius 1 is 1.14 bits per heavy atom. The van der Waals surface area contributed by atoms with Gasteiger partial charge in [0.25, 0.3) is 0 Å². The number of aromatic nitrogens is 2. The minimum absolute atomic E-state index is 0.117. The van der Waals surface area contributed by atoms with Gasteiger partial charge in [-0.1, -0.05) is 32.1 Å². The summed E-state index contributed by atoms with van der Waals surface area (Å²) in [6.07, 6.45) is 0. The monoisotopic (exact) mass is 206 g/mol. The molecule has 0 aromatic carbocycles. The van der Waals surface area contributed by atoms with Gasteiger partial charge in [-0.25, -0.2) is 9.97 Å². The lowest BCUT2D eigenvalue weighted by atomic mass is 9.92. The first-order valence-electron chi connectivity index (χ1n) is 4.71. The maximum absolute atomic E-state index is 4.62. The van der Waals surface area contributed by atoms with Crippen LogP contribution in [0.25, 0.3) is 10.3 Å². The van der Waals surface area contributed by atoms with E-state index in [-0.39, 0.29) is 5.41 Å². The Morgan fingerprint density at radius 2 is 1.86 bits per heavy atom. The molecule has 74 valence electrons. The van der Waals surface area contributed by atoms with Crippen molar-refractivity contribution >= 4 is 21.7 Å². The second-order valence-electron chi connectivity index (χ2n) is 4.50. The number of fused-ring (bicyclic) bond motifs is 1. The van der Waals surface area contributed by atoms with Gasteiger partial charge in [0.2, 0.25) is 0 Å². The Morgan fingerprint density at radius 3 is 2.50 bits per heavy atom. The van der Waals surface area contributed by atoms with Crippen molar-refractivity contribution in [2.24, 2.45) is 0 Å². The molecule has 0 bridgehead atoms. The summed E-state index contributed by atoms with van der Waals surface area (Å²) in [5.41, 5.74) is 2.26. The van der Waals surface area contributed by atoms with Crippen LogP contribution < -0.4 is 0 Å². The summed E-state index contributed by atoms with van der Waals surface area (Å²) in [7, 11) is 0. The highest BCUT2D eigenvalue weighted by molar-refractivity contribution is 7.18. The largest absolute Gasteiger partial charge is 0.240 e. The zero-order valence-corrected chi connectivity index (χ0v) is 9.77. The minimum atomic E-state index is 0.117. The average molecular weight is 206 g/mol. The minimum Gasteiger partial charge on any atom is -0.240 e. The number of hydrogen-bond donors (Lipinski definition) is 0. The molecule has 2 aromatic heterocycles. The Kier molecular flexibility index (Phi) is 2.07. The fraction of sp³-hybridized carbons (Fsp3) is 0.455. The number of pyridine rings is 1. The van der Waals surface area contributed by atoms with Crippen molar-refractivity contribution in [1.29, 1.82) is 0 Å². The van der Waals surface area contributed by atoms with E-state index in [1.54, 1.807) is 11.3 Å². The summed E-state index contributed by atoms with van der Waals surface area (Å²) in [4.78, 5) is 10.1. The summed E-state index contributed by atoms with van der Waals surface area (Å²) in [6, 6.07) is 4.13. The normalized spacial score (nSPS) is 12.3. The molecule has 0 atom stereocenters. The Balaban J connectivity index is 2.62. The lowest BCUT2D eigenvalue weighted by Gasteiger charge is -2.16. The lowest BCUT2D eigenvalue weighted by Crippen LogP contribution is -2.12. The first-order chi connectivity index (χ1) is 6.47.